The zero-order valence-electron chi connectivity index (χ0n) is 10.6. The van der Waals surface area contributed by atoms with Crippen molar-refractivity contribution >= 4 is 29.0 Å². The van der Waals surface area contributed by atoms with Crippen LogP contribution in [0.25, 0.3) is 0 Å². The van der Waals surface area contributed by atoms with Crippen molar-refractivity contribution in [3.8, 4) is 0 Å². The molecular formula is C15H8ClF2NO2. The largest absolute Gasteiger partial charge is 0.299 e. The Kier molecular flexibility index (Phi) is 3.22. The van der Waals surface area contributed by atoms with Crippen LogP contribution in [0.4, 0.5) is 14.5 Å². The number of Topliss-reactive ketones (excluding diaryl/α,β-unsaturated/α-hetero) is 1. The zero-order chi connectivity index (χ0) is 15.1. The number of carbonyl (C=O) groups is 2. The van der Waals surface area contributed by atoms with Gasteiger partial charge in [0.15, 0.2) is 0 Å². The van der Waals surface area contributed by atoms with Crippen LogP contribution in [0.1, 0.15) is 15.9 Å². The Bertz CT molecular complexity index is 759. The Morgan fingerprint density at radius 2 is 1.67 bits per heavy atom. The lowest BCUT2D eigenvalue weighted by Gasteiger charge is -2.17. The van der Waals surface area contributed by atoms with E-state index in [-0.39, 0.29) is 22.8 Å². The van der Waals surface area contributed by atoms with Gasteiger partial charge in [0.25, 0.3) is 11.7 Å². The van der Waals surface area contributed by atoms with Gasteiger partial charge >= 0.3 is 0 Å². The lowest BCUT2D eigenvalue weighted by molar-refractivity contribution is -0.114. The molecule has 0 spiro atoms. The maximum absolute atomic E-state index is 14.0. The van der Waals surface area contributed by atoms with Crippen molar-refractivity contribution in [3.05, 3.63) is 64.2 Å². The summed E-state index contributed by atoms with van der Waals surface area (Å²) in [7, 11) is 0. The first-order valence-corrected chi connectivity index (χ1v) is 6.45. The monoisotopic (exact) mass is 307 g/mol. The van der Waals surface area contributed by atoms with Crippen LogP contribution in [0.15, 0.2) is 36.4 Å². The number of nitrogens with zero attached hydrogens (tertiary/aromatic N) is 1. The normalized spacial score (nSPS) is 13.8. The highest BCUT2D eigenvalue weighted by Gasteiger charge is 2.39. The highest BCUT2D eigenvalue weighted by atomic mass is 35.5. The molecule has 3 rings (SSSR count). The van der Waals surface area contributed by atoms with Crippen molar-refractivity contribution in [3.63, 3.8) is 0 Å². The molecule has 1 amide bonds. The molecule has 0 aromatic heterocycles. The van der Waals surface area contributed by atoms with Crippen LogP contribution in [0.3, 0.4) is 0 Å². The molecule has 21 heavy (non-hydrogen) atoms. The fraction of sp³-hybridized carbons (Fsp3) is 0.0667. The standard InChI is InChI=1S/C15H8ClF2NO2/c16-10-5-6-11(18)13-12(10)14(20)15(21)19(13)7-8-1-3-9(17)4-2-8/h1-6H,7H2. The summed E-state index contributed by atoms with van der Waals surface area (Å²) >= 11 is 5.87. The van der Waals surface area contributed by atoms with Crippen LogP contribution in [-0.2, 0) is 11.3 Å². The van der Waals surface area contributed by atoms with E-state index in [0.29, 0.717) is 5.56 Å². The highest BCUT2D eigenvalue weighted by Crippen LogP contribution is 2.37. The maximum atomic E-state index is 14.0. The molecule has 0 aliphatic carbocycles. The van der Waals surface area contributed by atoms with Crippen LogP contribution in [0.2, 0.25) is 5.02 Å². The molecule has 0 radical (unpaired) electrons. The first-order valence-electron chi connectivity index (χ1n) is 6.07. The van der Waals surface area contributed by atoms with Crippen LogP contribution in [-0.4, -0.2) is 11.7 Å². The van der Waals surface area contributed by atoms with Gasteiger partial charge in [0.1, 0.15) is 11.6 Å². The van der Waals surface area contributed by atoms with Gasteiger partial charge in [0.05, 0.1) is 22.8 Å². The fourth-order valence-corrected chi connectivity index (χ4v) is 2.51. The van der Waals surface area contributed by atoms with Crippen molar-refractivity contribution in [1.82, 2.24) is 0 Å². The Balaban J connectivity index is 2.05. The summed E-state index contributed by atoms with van der Waals surface area (Å²) in [5.74, 6) is -2.80. The molecular weight excluding hydrogens is 300 g/mol. The number of benzene rings is 2. The Labute approximate surface area is 123 Å². The third-order valence-electron chi connectivity index (χ3n) is 3.27. The second-order valence-corrected chi connectivity index (χ2v) is 5.01. The van der Waals surface area contributed by atoms with Crippen molar-refractivity contribution in [1.29, 1.82) is 0 Å². The zero-order valence-corrected chi connectivity index (χ0v) is 11.3. The summed E-state index contributed by atoms with van der Waals surface area (Å²) in [4.78, 5) is 25.0. The second-order valence-electron chi connectivity index (χ2n) is 4.60. The van der Waals surface area contributed by atoms with E-state index in [4.69, 9.17) is 11.6 Å². The number of hydrogen-bond acceptors (Lipinski definition) is 2. The van der Waals surface area contributed by atoms with Gasteiger partial charge in [-0.1, -0.05) is 23.7 Å². The minimum absolute atomic E-state index is 0.0326. The molecule has 3 nitrogen and oxygen atoms in total. The van der Waals surface area contributed by atoms with Gasteiger partial charge < -0.3 is 0 Å². The maximum Gasteiger partial charge on any atom is 0.299 e. The molecule has 1 aliphatic heterocycles. The summed E-state index contributed by atoms with van der Waals surface area (Å²) < 4.78 is 26.9. The minimum atomic E-state index is -0.846. The molecule has 1 heterocycles. The number of anilines is 1. The first kappa shape index (κ1) is 13.7. The van der Waals surface area contributed by atoms with Gasteiger partial charge in [0.2, 0.25) is 0 Å². The van der Waals surface area contributed by atoms with Crippen molar-refractivity contribution < 1.29 is 18.4 Å². The van der Waals surface area contributed by atoms with E-state index in [9.17, 15) is 18.4 Å². The van der Waals surface area contributed by atoms with E-state index < -0.39 is 23.3 Å². The average molecular weight is 308 g/mol. The summed E-state index contributed by atoms with van der Waals surface area (Å²) in [6.45, 7) is -0.0326. The van der Waals surface area contributed by atoms with E-state index >= 15 is 0 Å². The third-order valence-corrected chi connectivity index (χ3v) is 3.58. The van der Waals surface area contributed by atoms with Crippen LogP contribution in [0, 0.1) is 11.6 Å². The van der Waals surface area contributed by atoms with E-state index in [1.165, 1.54) is 30.3 Å². The molecule has 0 fully saturated rings. The first-order chi connectivity index (χ1) is 9.99. The molecule has 0 saturated carbocycles. The summed E-state index contributed by atoms with van der Waals surface area (Å²) in [5, 5.41) is 0.0337. The summed E-state index contributed by atoms with van der Waals surface area (Å²) in [5.41, 5.74) is 0.329. The predicted molar refractivity (Wildman–Crippen MR) is 73.3 cm³/mol. The van der Waals surface area contributed by atoms with E-state index in [0.717, 1.165) is 11.0 Å². The SMILES string of the molecule is O=C1C(=O)N(Cc2ccc(F)cc2)c2c(F)ccc(Cl)c21. The van der Waals surface area contributed by atoms with Crippen molar-refractivity contribution in [2.75, 3.05) is 4.90 Å². The minimum Gasteiger partial charge on any atom is -0.298 e. The Hall–Kier alpha value is -2.27. The summed E-state index contributed by atoms with van der Waals surface area (Å²) in [6.07, 6.45) is 0. The number of fused-ring (bicyclic) bond motifs is 1. The molecule has 1 aliphatic rings. The Morgan fingerprint density at radius 1 is 1.00 bits per heavy atom. The van der Waals surface area contributed by atoms with E-state index in [2.05, 4.69) is 0 Å². The fourth-order valence-electron chi connectivity index (χ4n) is 2.28. The van der Waals surface area contributed by atoms with Gasteiger partial charge in [-0.15, -0.1) is 0 Å². The summed E-state index contributed by atoms with van der Waals surface area (Å²) in [6, 6.07) is 7.73. The third kappa shape index (κ3) is 2.19. The van der Waals surface area contributed by atoms with Crippen LogP contribution < -0.4 is 4.90 Å². The second kappa shape index (κ2) is 4.93. The molecule has 2 aromatic rings. The number of carbonyl (C=O) groups excluding carboxylic acids is 2. The number of hydrogen-bond donors (Lipinski definition) is 0. The van der Waals surface area contributed by atoms with Gasteiger partial charge in [-0.05, 0) is 29.8 Å². The molecule has 6 heteroatoms. The number of ketones is 1. The van der Waals surface area contributed by atoms with Gasteiger partial charge in [-0.25, -0.2) is 8.78 Å². The predicted octanol–water partition coefficient (Wildman–Crippen LogP) is 3.35. The van der Waals surface area contributed by atoms with Crippen LogP contribution in [0.5, 0.6) is 0 Å². The highest BCUT2D eigenvalue weighted by molar-refractivity contribution is 6.55. The molecule has 0 N–H and O–H groups in total. The van der Waals surface area contributed by atoms with Gasteiger partial charge in [0, 0.05) is 0 Å². The van der Waals surface area contributed by atoms with Crippen LogP contribution >= 0.6 is 11.6 Å². The lowest BCUT2D eigenvalue weighted by Crippen LogP contribution is -2.29. The number of amides is 1. The average Bonchev–Trinajstić information content (AvgIpc) is 2.71. The molecule has 0 bridgehead atoms. The van der Waals surface area contributed by atoms with Gasteiger partial charge in [-0.2, -0.15) is 0 Å². The quantitative estimate of drug-likeness (QED) is 0.798. The molecule has 0 saturated heterocycles. The van der Waals surface area contributed by atoms with E-state index in [1.54, 1.807) is 0 Å². The van der Waals surface area contributed by atoms with Crippen molar-refractivity contribution in [2.24, 2.45) is 0 Å². The molecule has 0 atom stereocenters. The number of halogens is 3. The van der Waals surface area contributed by atoms with Gasteiger partial charge in [-0.3, -0.25) is 14.5 Å². The lowest BCUT2D eigenvalue weighted by atomic mass is 10.1. The number of rotatable bonds is 2. The molecule has 0 unspecified atom stereocenters. The van der Waals surface area contributed by atoms with Crippen molar-refractivity contribution in [2.45, 2.75) is 6.54 Å². The topological polar surface area (TPSA) is 37.4 Å². The molecule has 2 aromatic carbocycles. The van der Waals surface area contributed by atoms with E-state index in [1.807, 2.05) is 0 Å². The smallest absolute Gasteiger partial charge is 0.298 e. The Morgan fingerprint density at radius 3 is 2.33 bits per heavy atom. The molecule has 106 valence electrons.